The molecule has 4 amide bonds. The fourth-order valence-corrected chi connectivity index (χ4v) is 9.35. The third kappa shape index (κ3) is 16.6. The zero-order valence-corrected chi connectivity index (χ0v) is 37.2. The number of carbonyl (C=O) groups is 9. The van der Waals surface area contributed by atoms with E-state index >= 15 is 4.79 Å². The Labute approximate surface area is 384 Å². The maximum absolute atomic E-state index is 15.0. The molecule has 0 radical (unpaired) electrons. The summed E-state index contributed by atoms with van der Waals surface area (Å²) in [5.41, 5.74) is 11.4. The van der Waals surface area contributed by atoms with E-state index in [1.165, 1.54) is 26.4 Å². The second-order valence-corrected chi connectivity index (χ2v) is 17.2. The first-order chi connectivity index (χ1) is 31.1. The predicted octanol–water partition coefficient (Wildman–Crippen LogP) is -2.02. The summed E-state index contributed by atoms with van der Waals surface area (Å²) < 4.78 is 5.18. The first-order valence-corrected chi connectivity index (χ1v) is 22.2. The number of rotatable bonds is 27. The molecule has 1 saturated carbocycles. The summed E-state index contributed by atoms with van der Waals surface area (Å²) >= 11 is 1.92. The Bertz CT molecular complexity index is 2120. The summed E-state index contributed by atoms with van der Waals surface area (Å²) in [6.07, 6.45) is 1.77. The van der Waals surface area contributed by atoms with Gasteiger partial charge in [0.25, 0.3) is 11.8 Å². The number of ether oxygens (including phenoxy) is 1. The van der Waals surface area contributed by atoms with E-state index < -0.39 is 137 Å². The van der Waals surface area contributed by atoms with Crippen molar-refractivity contribution in [3.05, 3.63) is 29.5 Å². The minimum Gasteiger partial charge on any atom is -0.492 e. The number of nitrogens with one attached hydrogen (secondary N) is 4. The van der Waals surface area contributed by atoms with Crippen molar-refractivity contribution in [2.24, 2.45) is 23.3 Å². The smallest absolute Gasteiger partial charge is 0.322 e. The van der Waals surface area contributed by atoms with Crippen LogP contribution in [-0.4, -0.2) is 160 Å². The molecule has 2 heterocycles. The van der Waals surface area contributed by atoms with Gasteiger partial charge in [-0.25, -0.2) is 19.9 Å². The average molecular weight is 969 g/mol. The quantitative estimate of drug-likeness (QED) is 0.0460. The minimum atomic E-state index is -1.45. The van der Waals surface area contributed by atoms with Gasteiger partial charge < -0.3 is 68.1 Å². The van der Waals surface area contributed by atoms with Gasteiger partial charge in [0.05, 0.1) is 47.1 Å². The van der Waals surface area contributed by atoms with Gasteiger partial charge in [-0.1, -0.05) is 6.42 Å². The number of methoxy groups -OCH3 is 1. The molecule has 14 N–H and O–H groups in total. The summed E-state index contributed by atoms with van der Waals surface area (Å²) in [7, 11) is 1.21. The second-order valence-electron chi connectivity index (χ2n) is 14.8. The molecule has 1 aliphatic carbocycles. The highest BCUT2D eigenvalue weighted by Crippen LogP contribution is 2.49. The Kier molecular flexibility index (Phi) is 21.2. The number of aromatic nitrogens is 4. The van der Waals surface area contributed by atoms with E-state index in [9.17, 15) is 58.8 Å². The molecular formula is C38H52N10O16S2. The van der Waals surface area contributed by atoms with Crippen LogP contribution in [0.2, 0.25) is 0 Å². The monoisotopic (exact) mass is 968 g/mol. The molecule has 3 rings (SSSR count). The fourth-order valence-electron chi connectivity index (χ4n) is 6.51. The van der Waals surface area contributed by atoms with Crippen LogP contribution in [0.4, 0.5) is 0 Å². The average Bonchev–Trinajstić information content (AvgIpc) is 3.27. The van der Waals surface area contributed by atoms with Crippen molar-refractivity contribution in [3.63, 3.8) is 0 Å². The minimum absolute atomic E-state index is 0.0795. The number of hydrogen-bond donors (Lipinski definition) is 12. The molecule has 2 aromatic rings. The molecule has 0 aliphatic heterocycles. The van der Waals surface area contributed by atoms with E-state index in [1.807, 2.05) is 0 Å². The Morgan fingerprint density at radius 3 is 1.55 bits per heavy atom. The van der Waals surface area contributed by atoms with Gasteiger partial charge in [-0.05, 0) is 32.6 Å². The summed E-state index contributed by atoms with van der Waals surface area (Å²) in [5, 5.41) is 64.6. The Morgan fingerprint density at radius 1 is 0.727 bits per heavy atom. The molecule has 0 aromatic carbocycles. The lowest BCUT2D eigenvalue weighted by molar-refractivity contribution is -0.140. The second kappa shape index (κ2) is 25.9. The number of aryl methyl sites for hydroxylation is 1. The van der Waals surface area contributed by atoms with Crippen LogP contribution in [0.15, 0.2) is 12.4 Å². The first-order valence-electron chi connectivity index (χ1n) is 20.1. The van der Waals surface area contributed by atoms with E-state index in [0.717, 1.165) is 23.5 Å². The van der Waals surface area contributed by atoms with Gasteiger partial charge in [-0.2, -0.15) is 0 Å². The van der Waals surface area contributed by atoms with Gasteiger partial charge in [0.2, 0.25) is 29.5 Å². The van der Waals surface area contributed by atoms with E-state index in [2.05, 4.69) is 41.2 Å². The number of carboxylic acid groups (broad SMARTS) is 4. The molecule has 1 aliphatic rings. The van der Waals surface area contributed by atoms with Crippen molar-refractivity contribution in [1.29, 1.82) is 0 Å². The van der Waals surface area contributed by atoms with E-state index in [4.69, 9.17) is 26.4 Å². The van der Waals surface area contributed by atoms with Crippen molar-refractivity contribution in [2.75, 3.05) is 31.7 Å². The molecule has 0 spiro atoms. The van der Waals surface area contributed by atoms with Gasteiger partial charge in [-0.3, -0.25) is 43.2 Å². The molecule has 0 saturated heterocycles. The van der Waals surface area contributed by atoms with Crippen molar-refractivity contribution in [1.82, 2.24) is 41.2 Å². The van der Waals surface area contributed by atoms with Gasteiger partial charge >= 0.3 is 23.9 Å². The third-order valence-electron chi connectivity index (χ3n) is 9.96. The van der Waals surface area contributed by atoms with Crippen molar-refractivity contribution < 1.29 is 78.5 Å². The zero-order valence-electron chi connectivity index (χ0n) is 35.6. The van der Waals surface area contributed by atoms with Crippen molar-refractivity contribution >= 4 is 76.8 Å². The molecule has 66 heavy (non-hydrogen) atoms. The highest BCUT2D eigenvalue weighted by molar-refractivity contribution is 7.99. The lowest BCUT2D eigenvalue weighted by atomic mass is 9.76. The highest BCUT2D eigenvalue weighted by atomic mass is 32.2. The van der Waals surface area contributed by atoms with Crippen molar-refractivity contribution in [2.45, 2.75) is 86.5 Å². The third-order valence-corrected chi connectivity index (χ3v) is 12.9. The number of carbonyl (C=O) groups excluding carboxylic acids is 5. The van der Waals surface area contributed by atoms with Crippen LogP contribution in [0.1, 0.15) is 72.5 Å². The normalized spacial score (nSPS) is 17.4. The number of aromatic hydroxyl groups is 2. The number of nitrogens with two attached hydrogens (primary N) is 2. The molecule has 2 aromatic heterocycles. The molecule has 28 heteroatoms. The summed E-state index contributed by atoms with van der Waals surface area (Å²) in [5.74, 6) is -13.2. The maximum atomic E-state index is 15.0. The molecular weight excluding hydrogens is 917 g/mol. The number of nitrogens with zero attached hydrogens (tertiary/aromatic N) is 4. The van der Waals surface area contributed by atoms with Crippen LogP contribution in [0.3, 0.4) is 0 Å². The van der Waals surface area contributed by atoms with E-state index in [0.29, 0.717) is 6.42 Å². The fraction of sp³-hybridized carbons (Fsp3) is 0.553. The summed E-state index contributed by atoms with van der Waals surface area (Å²) in [6, 6.07) is -5.67. The number of amides is 4. The molecule has 1 fully saturated rings. The van der Waals surface area contributed by atoms with Gasteiger partial charge in [0.1, 0.15) is 43.0 Å². The molecule has 26 nitrogen and oxygen atoms in total. The molecule has 8 atom stereocenters. The number of ketones is 1. The number of hydrogen-bond acceptors (Lipinski definition) is 20. The largest absolute Gasteiger partial charge is 0.492 e. The Hall–Kier alpha value is -6.39. The van der Waals surface area contributed by atoms with Gasteiger partial charge in [-0.15, -0.1) is 23.5 Å². The molecule has 362 valence electrons. The predicted molar refractivity (Wildman–Crippen MR) is 230 cm³/mol. The van der Waals surface area contributed by atoms with E-state index in [-0.39, 0.29) is 60.2 Å². The molecule has 0 bridgehead atoms. The van der Waals surface area contributed by atoms with Crippen LogP contribution >= 0.6 is 23.5 Å². The number of aliphatic carboxylic acids is 4. The van der Waals surface area contributed by atoms with Gasteiger partial charge in [0.15, 0.2) is 0 Å². The SMILES string of the molecule is COc1nc(C(SC[C@H](NC(=O)CC[C@@H](N)C(=O)O)C(=O)NCC(=O)O)C2CCCC(C(SC[C@H](NC(=O)CC[C@H](N)C(=O)O)C(=O)NCC(=O)O)c3cnc(O)c(C)n3)C2=O)cnc1O. The van der Waals surface area contributed by atoms with Crippen LogP contribution < -0.4 is 37.5 Å². The standard InChI is InChI=1S/C38H52N10O16S2/c1-16-32(56)41-10-21(45-16)30(65-14-23(33(57)43-12-27(51)52)46-25(49)8-6-19(39)37(60)61)17-4-3-5-18(29(17)55)31(22-11-42-35(59)36(48-22)64-2)66-15-24(34(58)44-13-28(53)54)47-26(50)9-7-20(40)38(62)63/h10-11,17-20,23-24,30-31H,3-9,12-15,39-40H2,1-2H3,(H,41,56)(H,42,59)(H,43,57)(H,44,58)(H,46,49)(H,47,50)(H,51,52)(H,53,54)(H,60,61)(H,62,63)/t17?,18?,19-,20+,23-,24-,30?,31?/m0/s1. The zero-order chi connectivity index (χ0) is 49.2. The summed E-state index contributed by atoms with van der Waals surface area (Å²) in [6.45, 7) is -0.186. The molecule has 4 unspecified atom stereocenters. The lowest BCUT2D eigenvalue weighted by Crippen LogP contribution is -2.50. The van der Waals surface area contributed by atoms with Crippen LogP contribution in [0.25, 0.3) is 0 Å². The first kappa shape index (κ1) is 53.9. The van der Waals surface area contributed by atoms with Crippen LogP contribution in [0, 0.1) is 18.8 Å². The maximum Gasteiger partial charge on any atom is 0.322 e. The summed E-state index contributed by atoms with van der Waals surface area (Å²) in [4.78, 5) is 129. The van der Waals surface area contributed by atoms with Crippen LogP contribution in [0.5, 0.6) is 17.6 Å². The Morgan fingerprint density at radius 2 is 1.15 bits per heavy atom. The van der Waals surface area contributed by atoms with E-state index in [1.54, 1.807) is 0 Å². The highest BCUT2D eigenvalue weighted by Gasteiger charge is 2.44. The van der Waals surface area contributed by atoms with Crippen molar-refractivity contribution in [3.8, 4) is 17.6 Å². The van der Waals surface area contributed by atoms with Crippen LogP contribution in [-0.2, 0) is 43.2 Å². The number of Topliss-reactive ketones (excluding diaryl/α,β-unsaturated/α-hetero) is 1. The number of thioether (sulfide) groups is 2. The van der Waals surface area contributed by atoms with Gasteiger partial charge in [0, 0.05) is 36.2 Å². The Balaban J connectivity index is 2.05. The lowest BCUT2D eigenvalue weighted by Gasteiger charge is -2.36. The number of carboxylic acids is 4. The topological polar surface area (TPSA) is 436 Å².